The molecule has 7 heteroatoms. The molecule has 0 aliphatic heterocycles. The first kappa shape index (κ1) is 21.5. The number of hydrogen-bond acceptors (Lipinski definition) is 5. The Morgan fingerprint density at radius 3 is 2.58 bits per heavy atom. The SMILES string of the molecule is Cc1ccc2c(CSc3nc4cc(Cl)ccc4c(=O)n3-c3ccccc3C)cc(=O)oc2c1. The number of benzene rings is 3. The number of para-hydroxylation sites is 1. The van der Waals surface area contributed by atoms with Gasteiger partial charge in [-0.25, -0.2) is 9.78 Å². The van der Waals surface area contributed by atoms with Crippen LogP contribution in [0.25, 0.3) is 27.6 Å². The fourth-order valence-corrected chi connectivity index (χ4v) is 5.02. The van der Waals surface area contributed by atoms with Crippen LogP contribution in [0, 0.1) is 13.8 Å². The van der Waals surface area contributed by atoms with Gasteiger partial charge < -0.3 is 4.42 Å². The lowest BCUT2D eigenvalue weighted by molar-refractivity contribution is 0.559. The van der Waals surface area contributed by atoms with Crippen LogP contribution in [-0.2, 0) is 5.75 Å². The molecule has 0 fully saturated rings. The van der Waals surface area contributed by atoms with Crippen LogP contribution in [-0.4, -0.2) is 9.55 Å². The lowest BCUT2D eigenvalue weighted by Crippen LogP contribution is -2.22. The summed E-state index contributed by atoms with van der Waals surface area (Å²) in [5.74, 6) is 0.440. The molecule has 0 bridgehead atoms. The Hall–Kier alpha value is -3.35. The van der Waals surface area contributed by atoms with Crippen LogP contribution >= 0.6 is 23.4 Å². The molecule has 0 amide bonds. The van der Waals surface area contributed by atoms with Gasteiger partial charge >= 0.3 is 5.63 Å². The molecule has 2 aromatic heterocycles. The fraction of sp³-hybridized carbons (Fsp3) is 0.115. The highest BCUT2D eigenvalue weighted by atomic mass is 35.5. The van der Waals surface area contributed by atoms with Gasteiger partial charge in [-0.15, -0.1) is 0 Å². The number of halogens is 1. The molecule has 0 aliphatic rings. The van der Waals surface area contributed by atoms with Gasteiger partial charge in [0, 0.05) is 22.2 Å². The number of thioether (sulfide) groups is 1. The monoisotopic (exact) mass is 474 g/mol. The first-order valence-corrected chi connectivity index (χ1v) is 11.7. The van der Waals surface area contributed by atoms with Crippen LogP contribution in [0.4, 0.5) is 0 Å². The molecule has 5 nitrogen and oxygen atoms in total. The Morgan fingerprint density at radius 1 is 0.970 bits per heavy atom. The third-order valence-electron chi connectivity index (χ3n) is 5.50. The van der Waals surface area contributed by atoms with Crippen LogP contribution in [0.1, 0.15) is 16.7 Å². The second kappa shape index (κ2) is 8.54. The Balaban J connectivity index is 1.68. The predicted octanol–water partition coefficient (Wildman–Crippen LogP) is 6.05. The van der Waals surface area contributed by atoms with Gasteiger partial charge in [0.1, 0.15) is 5.58 Å². The van der Waals surface area contributed by atoms with Gasteiger partial charge in [0.05, 0.1) is 16.6 Å². The van der Waals surface area contributed by atoms with Crippen LogP contribution in [0.15, 0.2) is 85.9 Å². The van der Waals surface area contributed by atoms with Crippen molar-refractivity contribution in [3.8, 4) is 5.69 Å². The van der Waals surface area contributed by atoms with E-state index in [4.69, 9.17) is 21.0 Å². The lowest BCUT2D eigenvalue weighted by atomic mass is 10.1. The molecule has 2 heterocycles. The molecule has 0 radical (unpaired) electrons. The molecule has 164 valence electrons. The summed E-state index contributed by atoms with van der Waals surface area (Å²) in [5, 5.41) is 2.40. The van der Waals surface area contributed by atoms with Gasteiger partial charge in [-0.05, 0) is 60.9 Å². The summed E-state index contributed by atoms with van der Waals surface area (Å²) >= 11 is 7.57. The van der Waals surface area contributed by atoms with Crippen LogP contribution < -0.4 is 11.2 Å². The van der Waals surface area contributed by atoms with Crippen LogP contribution in [0.5, 0.6) is 0 Å². The number of aryl methyl sites for hydroxylation is 2. The standard InChI is InChI=1S/C26H19ClN2O3S/c1-15-7-9-19-17(12-24(30)32-23(19)11-15)14-33-26-28-21-13-18(27)8-10-20(21)25(31)29(26)22-6-4-3-5-16(22)2/h3-13H,14H2,1-2H3. The maximum absolute atomic E-state index is 13.5. The average molecular weight is 475 g/mol. The highest BCUT2D eigenvalue weighted by molar-refractivity contribution is 7.98. The van der Waals surface area contributed by atoms with Gasteiger partial charge in [-0.2, -0.15) is 0 Å². The van der Waals surface area contributed by atoms with E-state index in [1.54, 1.807) is 22.8 Å². The smallest absolute Gasteiger partial charge is 0.336 e. The van der Waals surface area contributed by atoms with Gasteiger partial charge in [0.25, 0.3) is 5.56 Å². The zero-order valence-electron chi connectivity index (χ0n) is 18.0. The molecule has 0 unspecified atom stereocenters. The molecule has 0 atom stereocenters. The van der Waals surface area contributed by atoms with Gasteiger partial charge in [-0.3, -0.25) is 9.36 Å². The zero-order valence-corrected chi connectivity index (χ0v) is 19.5. The molecule has 3 aromatic carbocycles. The molecule has 0 saturated carbocycles. The zero-order chi connectivity index (χ0) is 23.1. The maximum Gasteiger partial charge on any atom is 0.336 e. The van der Waals surface area contributed by atoms with E-state index < -0.39 is 5.63 Å². The van der Waals surface area contributed by atoms with Crippen molar-refractivity contribution >= 4 is 45.2 Å². The van der Waals surface area contributed by atoms with Crippen molar-refractivity contribution in [3.63, 3.8) is 0 Å². The van der Waals surface area contributed by atoms with E-state index in [9.17, 15) is 9.59 Å². The Kier molecular flexibility index (Phi) is 5.56. The van der Waals surface area contributed by atoms with E-state index in [0.29, 0.717) is 32.4 Å². The summed E-state index contributed by atoms with van der Waals surface area (Å²) < 4.78 is 7.02. The third-order valence-corrected chi connectivity index (χ3v) is 6.72. The summed E-state index contributed by atoms with van der Waals surface area (Å²) in [6, 6.07) is 20.1. The summed E-state index contributed by atoms with van der Waals surface area (Å²) in [4.78, 5) is 30.5. The minimum Gasteiger partial charge on any atom is -0.423 e. The topological polar surface area (TPSA) is 65.1 Å². The van der Waals surface area contributed by atoms with E-state index in [2.05, 4.69) is 0 Å². The Bertz CT molecular complexity index is 1660. The second-order valence-electron chi connectivity index (χ2n) is 7.86. The van der Waals surface area contributed by atoms with E-state index in [0.717, 1.165) is 27.8 Å². The van der Waals surface area contributed by atoms with E-state index in [1.165, 1.54) is 17.8 Å². The highest BCUT2D eigenvalue weighted by Gasteiger charge is 2.16. The van der Waals surface area contributed by atoms with Gasteiger partial charge in [0.15, 0.2) is 5.16 Å². The quantitative estimate of drug-likeness (QED) is 0.180. The Labute approximate surface area is 198 Å². The van der Waals surface area contributed by atoms with Gasteiger partial charge in [0.2, 0.25) is 0 Å². The number of rotatable bonds is 4. The van der Waals surface area contributed by atoms with Crippen molar-refractivity contribution in [1.29, 1.82) is 0 Å². The minimum atomic E-state index is -0.404. The third kappa shape index (κ3) is 4.08. The summed E-state index contributed by atoms with van der Waals surface area (Å²) in [7, 11) is 0. The maximum atomic E-state index is 13.5. The minimum absolute atomic E-state index is 0.165. The van der Waals surface area contributed by atoms with Crippen molar-refractivity contribution in [2.45, 2.75) is 24.8 Å². The molecule has 0 aliphatic carbocycles. The molecule has 0 N–H and O–H groups in total. The first-order chi connectivity index (χ1) is 15.9. The average Bonchev–Trinajstić information content (AvgIpc) is 2.77. The summed E-state index contributed by atoms with van der Waals surface area (Å²) in [6.07, 6.45) is 0. The van der Waals surface area contributed by atoms with Crippen LogP contribution in [0.3, 0.4) is 0 Å². The molecule has 0 saturated heterocycles. The molecule has 33 heavy (non-hydrogen) atoms. The van der Waals surface area contributed by atoms with Crippen molar-refractivity contribution in [2.24, 2.45) is 0 Å². The van der Waals surface area contributed by atoms with Crippen LogP contribution in [0.2, 0.25) is 5.02 Å². The van der Waals surface area contributed by atoms with Crippen molar-refractivity contribution in [1.82, 2.24) is 9.55 Å². The van der Waals surface area contributed by atoms with E-state index in [1.807, 2.05) is 56.3 Å². The summed E-state index contributed by atoms with van der Waals surface area (Å²) in [6.45, 7) is 3.91. The molecular formula is C26H19ClN2O3S. The van der Waals surface area contributed by atoms with E-state index in [-0.39, 0.29) is 5.56 Å². The molecule has 0 spiro atoms. The lowest BCUT2D eigenvalue weighted by Gasteiger charge is -2.15. The summed E-state index contributed by atoms with van der Waals surface area (Å²) in [5.41, 5.74) is 4.07. The first-order valence-electron chi connectivity index (χ1n) is 10.4. The van der Waals surface area contributed by atoms with Crippen molar-refractivity contribution in [2.75, 3.05) is 0 Å². The normalized spacial score (nSPS) is 11.4. The predicted molar refractivity (Wildman–Crippen MR) is 134 cm³/mol. The fourth-order valence-electron chi connectivity index (χ4n) is 3.86. The number of aromatic nitrogens is 2. The largest absolute Gasteiger partial charge is 0.423 e. The van der Waals surface area contributed by atoms with Crippen molar-refractivity contribution < 1.29 is 4.42 Å². The number of hydrogen-bond donors (Lipinski definition) is 0. The molecule has 5 aromatic rings. The van der Waals surface area contributed by atoms with Gasteiger partial charge in [-0.1, -0.05) is 53.7 Å². The molecule has 5 rings (SSSR count). The molecular weight excluding hydrogens is 456 g/mol. The highest BCUT2D eigenvalue weighted by Crippen LogP contribution is 2.29. The van der Waals surface area contributed by atoms with E-state index >= 15 is 0 Å². The number of nitrogens with zero attached hydrogens (tertiary/aromatic N) is 2. The second-order valence-corrected chi connectivity index (χ2v) is 9.24. The van der Waals surface area contributed by atoms with Crippen molar-refractivity contribution in [3.05, 3.63) is 109 Å². The number of fused-ring (bicyclic) bond motifs is 2. The Morgan fingerprint density at radius 2 is 1.76 bits per heavy atom.